The molecule has 0 aliphatic rings. The van der Waals surface area contributed by atoms with E-state index in [2.05, 4.69) is 4.98 Å². The monoisotopic (exact) mass is 307 g/mol. The molecule has 21 heavy (non-hydrogen) atoms. The van der Waals surface area contributed by atoms with Crippen molar-refractivity contribution in [2.45, 2.75) is 32.8 Å². The largest absolute Gasteiger partial charge is 0.490 e. The topological polar surface area (TPSA) is 51.6 Å². The van der Waals surface area contributed by atoms with Gasteiger partial charge in [0.05, 0.1) is 23.9 Å². The summed E-state index contributed by atoms with van der Waals surface area (Å²) in [4.78, 5) is 4.43. The van der Waals surface area contributed by atoms with Gasteiger partial charge in [0, 0.05) is 11.8 Å². The summed E-state index contributed by atoms with van der Waals surface area (Å²) in [5, 5.41) is 12.7. The van der Waals surface area contributed by atoms with Crippen LogP contribution in [0.2, 0.25) is 0 Å². The van der Waals surface area contributed by atoms with Crippen LogP contribution in [0.4, 0.5) is 0 Å². The number of hydrogen-bond donors (Lipinski definition) is 1. The highest BCUT2D eigenvalue weighted by Gasteiger charge is 2.19. The van der Waals surface area contributed by atoms with E-state index in [0.717, 1.165) is 16.5 Å². The molecule has 5 heteroatoms. The summed E-state index contributed by atoms with van der Waals surface area (Å²) in [5.74, 6) is 1.51. The molecule has 0 spiro atoms. The number of hydrogen-bond acceptors (Lipinski definition) is 5. The van der Waals surface area contributed by atoms with Crippen molar-refractivity contribution in [1.29, 1.82) is 0 Å². The Morgan fingerprint density at radius 1 is 1.19 bits per heavy atom. The lowest BCUT2D eigenvalue weighted by Gasteiger charge is -2.13. The Labute approximate surface area is 129 Å². The van der Waals surface area contributed by atoms with Gasteiger partial charge in [-0.2, -0.15) is 0 Å². The van der Waals surface area contributed by atoms with Gasteiger partial charge in [-0.05, 0) is 32.9 Å². The van der Waals surface area contributed by atoms with Crippen molar-refractivity contribution >= 4 is 11.3 Å². The first-order chi connectivity index (χ1) is 10.0. The molecule has 4 nitrogen and oxygen atoms in total. The van der Waals surface area contributed by atoms with Gasteiger partial charge in [-0.3, -0.25) is 0 Å². The maximum atomic E-state index is 9.90. The summed E-state index contributed by atoms with van der Waals surface area (Å²) in [6.07, 6.45) is 0.710. The van der Waals surface area contributed by atoms with Gasteiger partial charge in [-0.1, -0.05) is 12.1 Å². The first kappa shape index (κ1) is 15.8. The standard InChI is InChI=1S/C16H21NO3S/c1-4-19-12-7-5-6-8-13(12)20-10-9-15-17-14(11-21-15)16(2,3)18/h5-8,11,18H,4,9-10H2,1-3H3. The molecule has 0 unspecified atom stereocenters. The molecule has 0 bridgehead atoms. The average Bonchev–Trinajstić information content (AvgIpc) is 2.90. The van der Waals surface area contributed by atoms with Crippen LogP contribution in [-0.2, 0) is 12.0 Å². The van der Waals surface area contributed by atoms with Crippen LogP contribution in [0.1, 0.15) is 31.5 Å². The van der Waals surface area contributed by atoms with Gasteiger partial charge in [0.25, 0.3) is 0 Å². The maximum absolute atomic E-state index is 9.90. The summed E-state index contributed by atoms with van der Waals surface area (Å²) < 4.78 is 11.3. The van der Waals surface area contributed by atoms with Crippen LogP contribution in [0.5, 0.6) is 11.5 Å². The summed E-state index contributed by atoms with van der Waals surface area (Å²) in [7, 11) is 0. The number of nitrogens with zero attached hydrogens (tertiary/aromatic N) is 1. The van der Waals surface area contributed by atoms with E-state index in [1.807, 2.05) is 36.6 Å². The van der Waals surface area contributed by atoms with Crippen LogP contribution in [0.3, 0.4) is 0 Å². The van der Waals surface area contributed by atoms with Gasteiger partial charge in [0.2, 0.25) is 0 Å². The van der Waals surface area contributed by atoms with Gasteiger partial charge in [0.15, 0.2) is 11.5 Å². The van der Waals surface area contributed by atoms with Gasteiger partial charge in [0.1, 0.15) is 5.60 Å². The fourth-order valence-corrected chi connectivity index (χ4v) is 2.74. The zero-order chi connectivity index (χ0) is 15.3. The molecule has 0 saturated carbocycles. The molecular formula is C16H21NO3S. The molecule has 1 aromatic carbocycles. The van der Waals surface area contributed by atoms with Gasteiger partial charge < -0.3 is 14.6 Å². The van der Waals surface area contributed by atoms with Crippen molar-refractivity contribution in [1.82, 2.24) is 4.98 Å². The Morgan fingerprint density at radius 3 is 2.43 bits per heavy atom. The molecule has 1 heterocycles. The second kappa shape index (κ2) is 6.91. The van der Waals surface area contributed by atoms with E-state index in [1.54, 1.807) is 25.2 Å². The number of aliphatic hydroxyl groups is 1. The lowest BCUT2D eigenvalue weighted by molar-refractivity contribution is 0.0743. The lowest BCUT2D eigenvalue weighted by atomic mass is 10.1. The fourth-order valence-electron chi connectivity index (χ4n) is 1.80. The third-order valence-corrected chi connectivity index (χ3v) is 3.81. The smallest absolute Gasteiger partial charge is 0.161 e. The van der Waals surface area contributed by atoms with Crippen LogP contribution >= 0.6 is 11.3 Å². The number of para-hydroxylation sites is 2. The number of thiazole rings is 1. The van der Waals surface area contributed by atoms with E-state index in [0.29, 0.717) is 25.3 Å². The van der Waals surface area contributed by atoms with Crippen molar-refractivity contribution < 1.29 is 14.6 Å². The van der Waals surface area contributed by atoms with Crippen molar-refractivity contribution in [2.75, 3.05) is 13.2 Å². The second-order valence-electron chi connectivity index (χ2n) is 5.16. The molecule has 0 aliphatic carbocycles. The number of aromatic nitrogens is 1. The van der Waals surface area contributed by atoms with E-state index in [1.165, 1.54) is 0 Å². The number of benzene rings is 1. The summed E-state index contributed by atoms with van der Waals surface area (Å²) in [6, 6.07) is 7.64. The van der Waals surface area contributed by atoms with Crippen LogP contribution in [0.15, 0.2) is 29.6 Å². The van der Waals surface area contributed by atoms with E-state index in [9.17, 15) is 5.11 Å². The summed E-state index contributed by atoms with van der Waals surface area (Å²) >= 11 is 1.54. The fraction of sp³-hybridized carbons (Fsp3) is 0.438. The molecule has 1 aromatic heterocycles. The van der Waals surface area contributed by atoms with Crippen LogP contribution in [0, 0.1) is 0 Å². The molecule has 0 fully saturated rings. The van der Waals surface area contributed by atoms with Crippen molar-refractivity contribution in [3.8, 4) is 11.5 Å². The van der Waals surface area contributed by atoms with E-state index >= 15 is 0 Å². The molecule has 1 N–H and O–H groups in total. The second-order valence-corrected chi connectivity index (χ2v) is 6.11. The minimum absolute atomic E-state index is 0.531. The average molecular weight is 307 g/mol. The Morgan fingerprint density at radius 2 is 1.86 bits per heavy atom. The predicted octanol–water partition coefficient (Wildman–Crippen LogP) is 3.39. The normalized spacial score (nSPS) is 11.4. The number of ether oxygens (including phenoxy) is 2. The minimum Gasteiger partial charge on any atom is -0.490 e. The van der Waals surface area contributed by atoms with E-state index in [4.69, 9.17) is 9.47 Å². The summed E-state index contributed by atoms with van der Waals surface area (Å²) in [6.45, 7) is 6.57. The zero-order valence-electron chi connectivity index (χ0n) is 12.6. The maximum Gasteiger partial charge on any atom is 0.161 e. The highest BCUT2D eigenvalue weighted by molar-refractivity contribution is 7.09. The summed E-state index contributed by atoms with van der Waals surface area (Å²) in [5.41, 5.74) is -0.186. The van der Waals surface area contributed by atoms with Gasteiger partial charge in [-0.25, -0.2) is 4.98 Å². The van der Waals surface area contributed by atoms with E-state index < -0.39 is 5.60 Å². The van der Waals surface area contributed by atoms with E-state index in [-0.39, 0.29) is 0 Å². The molecule has 2 aromatic rings. The SMILES string of the molecule is CCOc1ccccc1OCCc1nc(C(C)(C)O)cs1. The Kier molecular flexibility index (Phi) is 5.20. The zero-order valence-corrected chi connectivity index (χ0v) is 13.4. The highest BCUT2D eigenvalue weighted by Crippen LogP contribution is 2.27. The molecule has 0 atom stereocenters. The highest BCUT2D eigenvalue weighted by atomic mass is 32.1. The third-order valence-electron chi connectivity index (χ3n) is 2.90. The first-order valence-electron chi connectivity index (χ1n) is 7.02. The Balaban J connectivity index is 1.91. The molecule has 114 valence electrons. The lowest BCUT2D eigenvalue weighted by Crippen LogP contribution is -2.16. The van der Waals surface area contributed by atoms with Crippen molar-refractivity contribution in [3.63, 3.8) is 0 Å². The van der Waals surface area contributed by atoms with Crippen LogP contribution in [0.25, 0.3) is 0 Å². The van der Waals surface area contributed by atoms with Gasteiger partial charge >= 0.3 is 0 Å². The van der Waals surface area contributed by atoms with Crippen molar-refractivity contribution in [2.24, 2.45) is 0 Å². The number of rotatable bonds is 7. The molecule has 2 rings (SSSR count). The Hall–Kier alpha value is -1.59. The molecule has 0 saturated heterocycles. The molecule has 0 aliphatic heterocycles. The molecule has 0 radical (unpaired) electrons. The quantitative estimate of drug-likeness (QED) is 0.852. The van der Waals surface area contributed by atoms with Crippen LogP contribution < -0.4 is 9.47 Å². The predicted molar refractivity (Wildman–Crippen MR) is 84.2 cm³/mol. The van der Waals surface area contributed by atoms with Crippen LogP contribution in [-0.4, -0.2) is 23.3 Å². The van der Waals surface area contributed by atoms with Gasteiger partial charge in [-0.15, -0.1) is 11.3 Å². The third kappa shape index (κ3) is 4.44. The van der Waals surface area contributed by atoms with Crippen molar-refractivity contribution in [3.05, 3.63) is 40.3 Å². The molecule has 0 amide bonds. The molecular weight excluding hydrogens is 286 g/mol. The minimum atomic E-state index is -0.892. The first-order valence-corrected chi connectivity index (χ1v) is 7.90. The Bertz CT molecular complexity index is 575.